The van der Waals surface area contributed by atoms with Gasteiger partial charge in [-0.1, -0.05) is 0 Å². The van der Waals surface area contributed by atoms with Gasteiger partial charge >= 0.3 is 5.97 Å². The van der Waals surface area contributed by atoms with E-state index in [2.05, 4.69) is 9.47 Å². The molecule has 0 aliphatic rings. The summed E-state index contributed by atoms with van der Waals surface area (Å²) >= 11 is 0. The standard InChI is InChI=1S/C5H11NO3.ClH/c1-8-3-4(6)5(7)9-2;/h4H,3,6H2,1-2H3;1H. The monoisotopic (exact) mass is 169 g/mol. The molecule has 0 aromatic carbocycles. The van der Waals surface area contributed by atoms with Crippen LogP contribution in [0.4, 0.5) is 0 Å². The summed E-state index contributed by atoms with van der Waals surface area (Å²) in [4.78, 5) is 10.5. The summed E-state index contributed by atoms with van der Waals surface area (Å²) in [5.41, 5.74) is 5.24. The number of halogens is 1. The third-order valence-corrected chi connectivity index (χ3v) is 0.850. The number of hydrogen-bond acceptors (Lipinski definition) is 4. The molecule has 0 aliphatic heterocycles. The van der Waals surface area contributed by atoms with Crippen molar-refractivity contribution >= 4 is 18.4 Å². The summed E-state index contributed by atoms with van der Waals surface area (Å²) in [6, 6.07) is -0.653. The summed E-state index contributed by atoms with van der Waals surface area (Å²) in [7, 11) is 2.76. The number of ether oxygens (including phenoxy) is 2. The summed E-state index contributed by atoms with van der Waals surface area (Å²) in [5.74, 6) is -0.447. The van der Waals surface area contributed by atoms with Gasteiger partial charge in [0.25, 0.3) is 0 Å². The molecule has 0 spiro atoms. The Labute approximate surface area is 66.1 Å². The average molecular weight is 170 g/mol. The fourth-order valence-corrected chi connectivity index (χ4v) is 0.399. The first kappa shape index (κ1) is 12.4. The quantitative estimate of drug-likeness (QED) is 0.582. The molecule has 4 nitrogen and oxygen atoms in total. The third kappa shape index (κ3) is 4.55. The normalized spacial score (nSPS) is 11.5. The molecule has 0 bridgehead atoms. The van der Waals surface area contributed by atoms with Crippen molar-refractivity contribution in [3.63, 3.8) is 0 Å². The van der Waals surface area contributed by atoms with Gasteiger partial charge in [0.2, 0.25) is 0 Å². The van der Waals surface area contributed by atoms with Crippen LogP contribution in [0.2, 0.25) is 0 Å². The minimum absolute atomic E-state index is 0. The maximum atomic E-state index is 10.5. The van der Waals surface area contributed by atoms with E-state index in [9.17, 15) is 4.79 Å². The highest BCUT2D eigenvalue weighted by Gasteiger charge is 2.11. The minimum Gasteiger partial charge on any atom is -0.468 e. The predicted molar refractivity (Wildman–Crippen MR) is 39.1 cm³/mol. The van der Waals surface area contributed by atoms with Crippen LogP contribution in [-0.2, 0) is 14.3 Å². The van der Waals surface area contributed by atoms with E-state index in [1.807, 2.05) is 0 Å². The molecule has 5 heteroatoms. The third-order valence-electron chi connectivity index (χ3n) is 0.850. The van der Waals surface area contributed by atoms with E-state index >= 15 is 0 Å². The zero-order valence-electron chi connectivity index (χ0n) is 5.99. The van der Waals surface area contributed by atoms with Crippen LogP contribution in [0.3, 0.4) is 0 Å². The van der Waals surface area contributed by atoms with E-state index in [-0.39, 0.29) is 19.0 Å². The van der Waals surface area contributed by atoms with Crippen molar-refractivity contribution in [2.45, 2.75) is 6.04 Å². The first-order chi connectivity index (χ1) is 4.22. The topological polar surface area (TPSA) is 61.5 Å². The second kappa shape index (κ2) is 6.80. The molecule has 62 valence electrons. The van der Waals surface area contributed by atoms with Crippen molar-refractivity contribution < 1.29 is 14.3 Å². The van der Waals surface area contributed by atoms with E-state index in [0.717, 1.165) is 0 Å². The summed E-state index contributed by atoms with van der Waals surface area (Å²) < 4.78 is 8.92. The molecular weight excluding hydrogens is 158 g/mol. The largest absolute Gasteiger partial charge is 0.468 e. The lowest BCUT2D eigenvalue weighted by Crippen LogP contribution is -2.35. The van der Waals surface area contributed by atoms with Crippen molar-refractivity contribution in [3.8, 4) is 0 Å². The van der Waals surface area contributed by atoms with E-state index in [1.54, 1.807) is 0 Å². The zero-order valence-corrected chi connectivity index (χ0v) is 6.81. The van der Waals surface area contributed by atoms with Gasteiger partial charge in [-0.25, -0.2) is 0 Å². The zero-order chi connectivity index (χ0) is 7.28. The molecule has 2 N–H and O–H groups in total. The highest BCUT2D eigenvalue weighted by molar-refractivity contribution is 5.85. The van der Waals surface area contributed by atoms with Gasteiger partial charge in [0, 0.05) is 7.11 Å². The first-order valence-electron chi connectivity index (χ1n) is 2.54. The number of methoxy groups -OCH3 is 2. The average Bonchev–Trinajstić information content (AvgIpc) is 1.87. The van der Waals surface area contributed by atoms with Gasteiger partial charge in [-0.3, -0.25) is 4.79 Å². The van der Waals surface area contributed by atoms with Gasteiger partial charge in [-0.15, -0.1) is 12.4 Å². The van der Waals surface area contributed by atoms with Crippen LogP contribution in [0.5, 0.6) is 0 Å². The molecule has 10 heavy (non-hydrogen) atoms. The Bertz CT molecular complexity index is 98.9. The van der Waals surface area contributed by atoms with Gasteiger partial charge < -0.3 is 15.2 Å². The Morgan fingerprint density at radius 3 is 2.40 bits per heavy atom. The Balaban J connectivity index is 0. The van der Waals surface area contributed by atoms with Crippen LogP contribution < -0.4 is 5.73 Å². The van der Waals surface area contributed by atoms with Crippen LogP contribution in [-0.4, -0.2) is 32.8 Å². The van der Waals surface area contributed by atoms with Crippen molar-refractivity contribution in [1.82, 2.24) is 0 Å². The number of carbonyl (C=O) groups excluding carboxylic acids is 1. The molecule has 1 unspecified atom stereocenters. The number of hydrogen-bond donors (Lipinski definition) is 1. The van der Waals surface area contributed by atoms with Crippen LogP contribution in [0.15, 0.2) is 0 Å². The molecule has 0 amide bonds. The molecule has 0 rings (SSSR count). The first-order valence-corrected chi connectivity index (χ1v) is 2.54. The van der Waals surface area contributed by atoms with E-state index in [4.69, 9.17) is 5.73 Å². The summed E-state index contributed by atoms with van der Waals surface area (Å²) in [5, 5.41) is 0. The number of carbonyl (C=O) groups is 1. The highest BCUT2D eigenvalue weighted by atomic mass is 35.5. The van der Waals surface area contributed by atoms with Gasteiger partial charge in [0.15, 0.2) is 0 Å². The van der Waals surface area contributed by atoms with Crippen molar-refractivity contribution in [3.05, 3.63) is 0 Å². The van der Waals surface area contributed by atoms with E-state index in [1.165, 1.54) is 14.2 Å². The molecule has 0 aliphatic carbocycles. The summed E-state index contributed by atoms with van der Waals surface area (Å²) in [6.07, 6.45) is 0. The highest BCUT2D eigenvalue weighted by Crippen LogP contribution is 1.82. The molecule has 0 saturated carbocycles. The Morgan fingerprint density at radius 1 is 1.60 bits per heavy atom. The second-order valence-electron chi connectivity index (χ2n) is 1.58. The molecule has 0 saturated heterocycles. The lowest BCUT2D eigenvalue weighted by atomic mass is 10.3. The SMILES string of the molecule is COCC(N)C(=O)OC.Cl. The lowest BCUT2D eigenvalue weighted by molar-refractivity contribution is -0.143. The van der Waals surface area contributed by atoms with Crippen molar-refractivity contribution in [2.24, 2.45) is 5.73 Å². The fourth-order valence-electron chi connectivity index (χ4n) is 0.399. The van der Waals surface area contributed by atoms with Crippen LogP contribution in [0.1, 0.15) is 0 Å². The van der Waals surface area contributed by atoms with E-state index in [0.29, 0.717) is 0 Å². The smallest absolute Gasteiger partial charge is 0.325 e. The number of nitrogens with two attached hydrogens (primary N) is 1. The maximum Gasteiger partial charge on any atom is 0.325 e. The molecule has 0 aromatic heterocycles. The Hall–Kier alpha value is -0.320. The molecule has 0 aromatic rings. The molecule has 0 radical (unpaired) electrons. The van der Waals surface area contributed by atoms with Crippen LogP contribution >= 0.6 is 12.4 Å². The fraction of sp³-hybridized carbons (Fsp3) is 0.800. The minimum atomic E-state index is -0.653. The van der Waals surface area contributed by atoms with E-state index < -0.39 is 12.0 Å². The Morgan fingerprint density at radius 2 is 2.10 bits per heavy atom. The van der Waals surface area contributed by atoms with Crippen molar-refractivity contribution in [2.75, 3.05) is 20.8 Å². The second-order valence-corrected chi connectivity index (χ2v) is 1.58. The predicted octanol–water partition coefficient (Wildman–Crippen LogP) is -0.445. The van der Waals surface area contributed by atoms with Crippen molar-refractivity contribution in [1.29, 1.82) is 0 Å². The van der Waals surface area contributed by atoms with Gasteiger partial charge in [0.05, 0.1) is 13.7 Å². The van der Waals surface area contributed by atoms with Crippen LogP contribution in [0.25, 0.3) is 0 Å². The number of esters is 1. The molecule has 0 fully saturated rings. The lowest BCUT2D eigenvalue weighted by Gasteiger charge is -2.05. The van der Waals surface area contributed by atoms with Gasteiger partial charge in [-0.2, -0.15) is 0 Å². The Kier molecular flexibility index (Phi) is 8.40. The molecular formula is C5H12ClNO3. The van der Waals surface area contributed by atoms with Crippen LogP contribution in [0, 0.1) is 0 Å². The summed E-state index contributed by atoms with van der Waals surface area (Å²) in [6.45, 7) is 0.201. The molecule has 0 heterocycles. The van der Waals surface area contributed by atoms with Gasteiger partial charge in [-0.05, 0) is 0 Å². The maximum absolute atomic E-state index is 10.5. The van der Waals surface area contributed by atoms with Gasteiger partial charge in [0.1, 0.15) is 6.04 Å². The molecule has 1 atom stereocenters. The number of rotatable bonds is 3.